The van der Waals surface area contributed by atoms with Gasteiger partial charge in [0.15, 0.2) is 0 Å². The molecule has 0 aliphatic carbocycles. The van der Waals surface area contributed by atoms with Gasteiger partial charge in [0, 0.05) is 0 Å². The third-order valence-electron chi connectivity index (χ3n) is 0.372. The van der Waals surface area contributed by atoms with E-state index < -0.39 is 0 Å². The van der Waals surface area contributed by atoms with Crippen molar-refractivity contribution >= 4 is 6.29 Å². The third-order valence-corrected chi connectivity index (χ3v) is 0.372. The minimum atomic E-state index is 0. The Balaban J connectivity index is 0. The first kappa shape index (κ1) is 10.2. The molecule has 7 heavy (non-hydrogen) atoms. The fourth-order valence-corrected chi connectivity index (χ4v) is 0.0278. The van der Waals surface area contributed by atoms with Gasteiger partial charge >= 0.3 is 29.6 Å². The maximum atomic E-state index is 9.47. The van der Waals surface area contributed by atoms with Gasteiger partial charge < -0.3 is 5.11 Å². The van der Waals surface area contributed by atoms with Gasteiger partial charge in [-0.1, -0.05) is 0 Å². The summed E-state index contributed by atoms with van der Waals surface area (Å²) < 4.78 is 0. The van der Waals surface area contributed by atoms with E-state index in [-0.39, 0.29) is 35.1 Å². The van der Waals surface area contributed by atoms with E-state index in [9.17, 15) is 9.90 Å². The van der Waals surface area contributed by atoms with Crippen molar-refractivity contribution in [2.45, 2.75) is 6.92 Å². The molecule has 0 saturated heterocycles. The summed E-state index contributed by atoms with van der Waals surface area (Å²) in [5.74, 6) is 0. The average molecular weight is 108 g/mol. The monoisotopic (exact) mass is 108 g/mol. The molecule has 0 amide bonds. The molecule has 0 rings (SSSR count). The topological polar surface area (TPSA) is 40.1 Å². The van der Waals surface area contributed by atoms with Gasteiger partial charge in [-0.05, 0) is 12.5 Å². The first-order valence-electron chi connectivity index (χ1n) is 1.55. The number of carbonyl (C=O) groups excluding carboxylic acids is 1. The maximum Gasteiger partial charge on any atom is 1.00 e. The number of hydrogen-bond acceptors (Lipinski definition) is 2. The normalized spacial score (nSPS) is 9.57. The second-order valence-electron chi connectivity index (χ2n) is 0.980. The molecule has 0 radical (unpaired) electrons. The molecule has 0 aliphatic rings. The van der Waals surface area contributed by atoms with Crippen molar-refractivity contribution in [1.82, 2.24) is 0 Å². The van der Waals surface area contributed by atoms with Crippen molar-refractivity contribution < 1.29 is 39.5 Å². The summed E-state index contributed by atoms with van der Waals surface area (Å²) in [6.07, 6.45) is 1.04. The van der Waals surface area contributed by atoms with E-state index in [1.807, 2.05) is 0 Å². The zero-order chi connectivity index (χ0) is 4.99. The molecule has 2 nitrogen and oxygen atoms in total. The number of aldehydes is 1. The van der Waals surface area contributed by atoms with E-state index >= 15 is 0 Å². The molecular formula is C4H5NaO2. The first-order chi connectivity index (χ1) is 2.81. The van der Waals surface area contributed by atoms with E-state index in [1.54, 1.807) is 0 Å². The summed E-state index contributed by atoms with van der Waals surface area (Å²) in [6.45, 7) is 1.46. The van der Waals surface area contributed by atoms with Crippen LogP contribution in [0.4, 0.5) is 0 Å². The average Bonchev–Trinajstić information content (AvgIpc) is 1.65. The van der Waals surface area contributed by atoms with E-state index in [4.69, 9.17) is 0 Å². The third kappa shape index (κ3) is 6.21. The van der Waals surface area contributed by atoms with Gasteiger partial charge in [-0.3, -0.25) is 4.79 Å². The van der Waals surface area contributed by atoms with Crippen molar-refractivity contribution in [2.24, 2.45) is 0 Å². The number of rotatable bonds is 1. The number of carbonyl (C=O) groups is 1. The van der Waals surface area contributed by atoms with Crippen LogP contribution in [0.25, 0.3) is 0 Å². The molecular weight excluding hydrogens is 103 g/mol. The molecule has 0 saturated carbocycles. The zero-order valence-electron chi connectivity index (χ0n) is 4.47. The number of hydrogen-bond donors (Lipinski definition) is 0. The van der Waals surface area contributed by atoms with Crippen LogP contribution in [0.2, 0.25) is 0 Å². The van der Waals surface area contributed by atoms with Crippen molar-refractivity contribution in [3.63, 3.8) is 0 Å². The van der Waals surface area contributed by atoms with Crippen molar-refractivity contribution in [2.75, 3.05) is 0 Å². The smallest absolute Gasteiger partial charge is 0.878 e. The van der Waals surface area contributed by atoms with Crippen LogP contribution in [-0.4, -0.2) is 6.29 Å². The summed E-state index contributed by atoms with van der Waals surface area (Å²) in [6, 6.07) is 0. The molecule has 0 aliphatic heterocycles. The van der Waals surface area contributed by atoms with Gasteiger partial charge in [0.05, 0.1) is 0 Å². The SMILES string of the molecule is C/C(C=O)=C/[O-].[Na+]. The Bertz CT molecular complexity index is 77.8. The van der Waals surface area contributed by atoms with Crippen molar-refractivity contribution in [3.8, 4) is 0 Å². The van der Waals surface area contributed by atoms with Gasteiger partial charge in [-0.2, -0.15) is 0 Å². The molecule has 0 atom stereocenters. The maximum absolute atomic E-state index is 9.47. The predicted molar refractivity (Wildman–Crippen MR) is 19.8 cm³/mol. The molecule has 0 unspecified atom stereocenters. The van der Waals surface area contributed by atoms with E-state index in [1.165, 1.54) is 6.92 Å². The Hall–Kier alpha value is 0.210. The quantitative estimate of drug-likeness (QED) is 0.151. The van der Waals surface area contributed by atoms with Crippen LogP contribution >= 0.6 is 0 Å². The summed E-state index contributed by atoms with van der Waals surface area (Å²) in [7, 11) is 0. The molecule has 34 valence electrons. The van der Waals surface area contributed by atoms with E-state index in [0.717, 1.165) is 0 Å². The van der Waals surface area contributed by atoms with Crippen LogP contribution in [-0.2, 0) is 4.79 Å². The second kappa shape index (κ2) is 6.21. The Morgan fingerprint density at radius 1 is 1.71 bits per heavy atom. The van der Waals surface area contributed by atoms with Crippen molar-refractivity contribution in [3.05, 3.63) is 11.8 Å². The van der Waals surface area contributed by atoms with Gasteiger partial charge in [-0.15, -0.1) is 6.26 Å². The number of allylic oxidation sites excluding steroid dienone is 1. The Labute approximate surface area is 64.5 Å². The molecule has 0 bridgehead atoms. The Kier molecular flexibility index (Phi) is 9.09. The fraction of sp³-hybridized carbons (Fsp3) is 0.250. The van der Waals surface area contributed by atoms with Crippen molar-refractivity contribution in [1.29, 1.82) is 0 Å². The minimum Gasteiger partial charge on any atom is -0.878 e. The molecule has 0 heterocycles. The molecule has 0 aromatic carbocycles. The summed E-state index contributed by atoms with van der Waals surface area (Å²) >= 11 is 0. The fourth-order valence-electron chi connectivity index (χ4n) is 0.0278. The summed E-state index contributed by atoms with van der Waals surface area (Å²) in [5, 5.41) is 9.47. The Morgan fingerprint density at radius 2 is 2.14 bits per heavy atom. The summed E-state index contributed by atoms with van der Waals surface area (Å²) in [4.78, 5) is 9.47. The van der Waals surface area contributed by atoms with Crippen LogP contribution in [0.5, 0.6) is 0 Å². The standard InChI is InChI=1S/C4H6O2.Na/c1-4(2-5)3-6;/h2-3,5H,1H3;/q;+1/p-1/b4-2-;. The minimum absolute atomic E-state index is 0. The van der Waals surface area contributed by atoms with Gasteiger partial charge in [0.2, 0.25) is 0 Å². The molecule has 0 aromatic heterocycles. The van der Waals surface area contributed by atoms with Crippen LogP contribution in [0.3, 0.4) is 0 Å². The second-order valence-corrected chi connectivity index (χ2v) is 0.980. The summed E-state index contributed by atoms with van der Waals surface area (Å²) in [5.41, 5.74) is 0.231. The molecule has 3 heteroatoms. The molecule has 0 aromatic rings. The van der Waals surface area contributed by atoms with Gasteiger partial charge in [0.25, 0.3) is 0 Å². The van der Waals surface area contributed by atoms with Crippen LogP contribution in [0.1, 0.15) is 6.92 Å². The molecule has 0 N–H and O–H groups in total. The van der Waals surface area contributed by atoms with Crippen LogP contribution in [0.15, 0.2) is 11.8 Å². The first-order valence-corrected chi connectivity index (χ1v) is 1.55. The zero-order valence-corrected chi connectivity index (χ0v) is 6.47. The Morgan fingerprint density at radius 3 is 2.14 bits per heavy atom. The molecule has 0 fully saturated rings. The van der Waals surface area contributed by atoms with Gasteiger partial charge in [-0.25, -0.2) is 0 Å². The van der Waals surface area contributed by atoms with Gasteiger partial charge in [0.1, 0.15) is 6.29 Å². The van der Waals surface area contributed by atoms with E-state index in [0.29, 0.717) is 12.5 Å². The van der Waals surface area contributed by atoms with Crippen LogP contribution in [0, 0.1) is 0 Å². The largest absolute Gasteiger partial charge is 1.00 e. The molecule has 0 spiro atoms. The van der Waals surface area contributed by atoms with E-state index in [2.05, 4.69) is 0 Å². The van der Waals surface area contributed by atoms with Crippen LogP contribution < -0.4 is 34.7 Å². The predicted octanol–water partition coefficient (Wildman–Crippen LogP) is -3.55.